The van der Waals surface area contributed by atoms with E-state index in [1.807, 2.05) is 13.8 Å². The first kappa shape index (κ1) is 20.4. The van der Waals surface area contributed by atoms with Gasteiger partial charge in [-0.25, -0.2) is 0 Å². The minimum Gasteiger partial charge on any atom is -0.320 e. The molecule has 0 nitrogen and oxygen atoms in total. The SMILES string of the molecule is CC.CCC1=C2C[CH-]CC2=CCC1.[Rb+].[Rb+]. The Morgan fingerprint density at radius 3 is 2.47 bits per heavy atom. The van der Waals surface area contributed by atoms with Gasteiger partial charge in [-0.05, 0) is 19.3 Å². The predicted octanol–water partition coefficient (Wildman–Crippen LogP) is -1.55. The molecule has 0 aromatic carbocycles. The van der Waals surface area contributed by atoms with Crippen molar-refractivity contribution in [3.63, 3.8) is 0 Å². The zero-order valence-electron chi connectivity index (χ0n) is 11.2. The fourth-order valence-corrected chi connectivity index (χ4v) is 2.17. The van der Waals surface area contributed by atoms with Crippen molar-refractivity contribution in [2.45, 2.75) is 52.9 Å². The fraction of sp³-hybridized carbons (Fsp3) is 0.615. The Morgan fingerprint density at radius 2 is 1.87 bits per heavy atom. The summed E-state index contributed by atoms with van der Waals surface area (Å²) in [6.45, 7) is 6.28. The van der Waals surface area contributed by atoms with E-state index in [4.69, 9.17) is 0 Å². The molecule has 0 unspecified atom stereocenters. The van der Waals surface area contributed by atoms with E-state index in [-0.39, 0.29) is 116 Å². The fourth-order valence-electron chi connectivity index (χ4n) is 2.17. The Balaban J connectivity index is 0. The van der Waals surface area contributed by atoms with Crippen molar-refractivity contribution in [3.05, 3.63) is 29.2 Å². The molecule has 74 valence electrons. The molecule has 0 N–H and O–H groups in total. The molecule has 0 radical (unpaired) electrons. The van der Waals surface area contributed by atoms with Crippen LogP contribution < -0.4 is 116 Å². The van der Waals surface area contributed by atoms with Crippen molar-refractivity contribution < 1.29 is 116 Å². The molecule has 0 heterocycles. The average molecular weight is 348 g/mol. The van der Waals surface area contributed by atoms with Crippen molar-refractivity contribution in [1.29, 1.82) is 0 Å². The van der Waals surface area contributed by atoms with E-state index in [1.54, 1.807) is 16.7 Å². The summed E-state index contributed by atoms with van der Waals surface area (Å²) < 4.78 is 0. The normalized spacial score (nSPS) is 17.7. The summed E-state index contributed by atoms with van der Waals surface area (Å²) in [6, 6.07) is 0. The Kier molecular flexibility index (Phi) is 16.5. The Bertz CT molecular complexity index is 227. The minimum atomic E-state index is 0. The summed E-state index contributed by atoms with van der Waals surface area (Å²) in [5.41, 5.74) is 5.03. The van der Waals surface area contributed by atoms with Gasteiger partial charge in [-0.15, -0.1) is 0 Å². The van der Waals surface area contributed by atoms with E-state index < -0.39 is 0 Å². The van der Waals surface area contributed by atoms with Crippen LogP contribution in [0.4, 0.5) is 0 Å². The van der Waals surface area contributed by atoms with E-state index in [9.17, 15) is 0 Å². The predicted molar refractivity (Wildman–Crippen MR) is 59.5 cm³/mol. The van der Waals surface area contributed by atoms with Gasteiger partial charge >= 0.3 is 116 Å². The van der Waals surface area contributed by atoms with Crippen LogP contribution in [0.25, 0.3) is 0 Å². The van der Waals surface area contributed by atoms with Crippen molar-refractivity contribution in [1.82, 2.24) is 0 Å². The maximum atomic E-state index is 2.43. The van der Waals surface area contributed by atoms with E-state index in [0.29, 0.717) is 0 Å². The Morgan fingerprint density at radius 1 is 1.20 bits per heavy atom. The molecular formula is C13H21Rb2+. The smallest absolute Gasteiger partial charge is 0.320 e. The Labute approximate surface area is 193 Å². The molecule has 0 saturated heterocycles. The molecular weight excluding hydrogens is 327 g/mol. The van der Waals surface area contributed by atoms with Crippen LogP contribution in [0.3, 0.4) is 0 Å². The molecule has 0 aromatic rings. The molecule has 0 bridgehead atoms. The maximum absolute atomic E-state index is 2.43. The molecule has 2 heteroatoms. The minimum absolute atomic E-state index is 0. The van der Waals surface area contributed by atoms with Crippen molar-refractivity contribution >= 4 is 0 Å². The second-order valence-electron chi connectivity index (χ2n) is 3.40. The Hall–Kier alpha value is 3.09. The van der Waals surface area contributed by atoms with Crippen LogP contribution in [0.15, 0.2) is 22.8 Å². The third kappa shape index (κ3) is 6.18. The van der Waals surface area contributed by atoms with Gasteiger partial charge in [0, 0.05) is 0 Å². The summed E-state index contributed by atoms with van der Waals surface area (Å²) in [4.78, 5) is 0. The molecule has 0 spiro atoms. The third-order valence-corrected chi connectivity index (χ3v) is 2.79. The summed E-state index contributed by atoms with van der Waals surface area (Å²) in [7, 11) is 0. The number of fused-ring (bicyclic) bond motifs is 1. The van der Waals surface area contributed by atoms with Gasteiger partial charge in [0.25, 0.3) is 0 Å². The van der Waals surface area contributed by atoms with Crippen LogP contribution in [0.5, 0.6) is 0 Å². The number of allylic oxidation sites excluding steroid dienone is 4. The topological polar surface area (TPSA) is 0 Å². The molecule has 0 aromatic heterocycles. The van der Waals surface area contributed by atoms with Gasteiger partial charge in [-0.1, -0.05) is 43.6 Å². The number of hydrogen-bond acceptors (Lipinski definition) is 0. The van der Waals surface area contributed by atoms with Gasteiger partial charge in [-0.2, -0.15) is 12.8 Å². The summed E-state index contributed by atoms with van der Waals surface area (Å²) in [5, 5.41) is 0. The molecule has 0 atom stereocenters. The number of rotatable bonds is 1. The van der Waals surface area contributed by atoms with Crippen molar-refractivity contribution in [3.8, 4) is 0 Å². The van der Waals surface area contributed by atoms with Crippen LogP contribution in [-0.2, 0) is 0 Å². The first-order chi connectivity index (χ1) is 6.42. The standard InChI is InChI=1S/C11H15.C2H6.2Rb/c1-2-9-5-3-6-10-7-4-8-11(9)10;1-2;;/h4,6H,2-3,5,7-8H2,1H3;1-2H3;;/q-1;;2*+1. The van der Waals surface area contributed by atoms with Crippen LogP contribution >= 0.6 is 0 Å². The van der Waals surface area contributed by atoms with Gasteiger partial charge in [0.2, 0.25) is 0 Å². The van der Waals surface area contributed by atoms with Crippen LogP contribution in [0.1, 0.15) is 52.9 Å². The van der Waals surface area contributed by atoms with Gasteiger partial charge in [-0.3, -0.25) is 0 Å². The zero-order chi connectivity index (χ0) is 9.68. The van der Waals surface area contributed by atoms with Crippen LogP contribution in [0.2, 0.25) is 0 Å². The van der Waals surface area contributed by atoms with E-state index in [0.717, 1.165) is 0 Å². The second-order valence-corrected chi connectivity index (χ2v) is 3.40. The quantitative estimate of drug-likeness (QED) is 0.504. The summed E-state index contributed by atoms with van der Waals surface area (Å²) >= 11 is 0. The van der Waals surface area contributed by atoms with Crippen molar-refractivity contribution in [2.75, 3.05) is 0 Å². The first-order valence-corrected chi connectivity index (χ1v) is 5.63. The maximum Gasteiger partial charge on any atom is 1.00 e. The first-order valence-electron chi connectivity index (χ1n) is 5.63. The van der Waals surface area contributed by atoms with E-state index in [2.05, 4.69) is 19.4 Å². The van der Waals surface area contributed by atoms with Gasteiger partial charge in [0.15, 0.2) is 0 Å². The largest absolute Gasteiger partial charge is 1.00 e. The average Bonchev–Trinajstić information content (AvgIpc) is 2.68. The van der Waals surface area contributed by atoms with E-state index in [1.165, 1.54) is 32.1 Å². The molecule has 2 aliphatic rings. The van der Waals surface area contributed by atoms with E-state index >= 15 is 0 Å². The summed E-state index contributed by atoms with van der Waals surface area (Å²) in [6.07, 6.45) is 11.2. The molecule has 2 aliphatic carbocycles. The zero-order valence-corrected chi connectivity index (χ0v) is 21.0. The molecule has 1 saturated carbocycles. The van der Waals surface area contributed by atoms with Crippen LogP contribution in [-0.4, -0.2) is 0 Å². The summed E-state index contributed by atoms with van der Waals surface area (Å²) in [5.74, 6) is 0. The third-order valence-electron chi connectivity index (χ3n) is 2.79. The van der Waals surface area contributed by atoms with Gasteiger partial charge in [0.05, 0.1) is 0 Å². The van der Waals surface area contributed by atoms with Crippen molar-refractivity contribution in [2.24, 2.45) is 0 Å². The second kappa shape index (κ2) is 12.1. The monoisotopic (exact) mass is 347 g/mol. The number of hydrogen-bond donors (Lipinski definition) is 0. The van der Waals surface area contributed by atoms with Crippen LogP contribution in [0, 0.1) is 6.42 Å². The molecule has 2 rings (SSSR count). The molecule has 15 heavy (non-hydrogen) atoms. The molecule has 0 aliphatic heterocycles. The van der Waals surface area contributed by atoms with Gasteiger partial charge in [0.1, 0.15) is 0 Å². The molecule has 0 amide bonds. The van der Waals surface area contributed by atoms with Gasteiger partial charge < -0.3 is 6.42 Å². The molecule has 1 fully saturated rings.